The lowest BCUT2D eigenvalue weighted by Crippen LogP contribution is -2.26. The Bertz CT molecular complexity index is 477. The first-order valence-electron chi connectivity index (χ1n) is 6.57. The molecule has 1 aromatic carbocycles. The summed E-state index contributed by atoms with van der Waals surface area (Å²) in [6.07, 6.45) is -0.813. The maximum absolute atomic E-state index is 13.5. The summed E-state index contributed by atoms with van der Waals surface area (Å²) in [5, 5.41) is 2.45. The van der Waals surface area contributed by atoms with E-state index in [4.69, 9.17) is 0 Å². The molecule has 0 aromatic heterocycles. The van der Waals surface area contributed by atoms with Gasteiger partial charge in [-0.3, -0.25) is 4.79 Å². The van der Waals surface area contributed by atoms with E-state index in [9.17, 15) is 22.4 Å². The average molecular weight is 417 g/mol. The van der Waals surface area contributed by atoms with Crippen molar-refractivity contribution < 1.29 is 22.4 Å². The van der Waals surface area contributed by atoms with E-state index in [1.807, 2.05) is 0 Å². The number of nitrogens with one attached hydrogen (secondary N) is 1. The normalized spacial score (nSPS) is 11.5. The Morgan fingerprint density at radius 2 is 1.81 bits per heavy atom. The quantitative estimate of drug-likeness (QED) is 0.300. The number of alkyl halides is 4. The maximum Gasteiger partial charge on any atom is 0.416 e. The van der Waals surface area contributed by atoms with Crippen molar-refractivity contribution in [3.63, 3.8) is 0 Å². The monoisotopic (exact) mass is 417 g/mol. The van der Waals surface area contributed by atoms with Gasteiger partial charge in [0, 0.05) is 6.54 Å². The minimum Gasteiger partial charge on any atom is -0.352 e. The highest BCUT2D eigenvalue weighted by atomic mass is 127. The predicted molar refractivity (Wildman–Crippen MR) is 81.1 cm³/mol. The molecule has 0 saturated heterocycles. The smallest absolute Gasteiger partial charge is 0.352 e. The zero-order valence-corrected chi connectivity index (χ0v) is 13.4. The van der Waals surface area contributed by atoms with Crippen LogP contribution >= 0.6 is 22.6 Å². The van der Waals surface area contributed by atoms with Crippen LogP contribution in [0, 0.1) is 5.82 Å². The van der Waals surface area contributed by atoms with E-state index in [0.717, 1.165) is 30.1 Å². The van der Waals surface area contributed by atoms with Gasteiger partial charge in [-0.25, -0.2) is 4.39 Å². The third-order valence-electron chi connectivity index (χ3n) is 2.88. The van der Waals surface area contributed by atoms with Crippen molar-refractivity contribution in [2.75, 3.05) is 11.0 Å². The molecule has 21 heavy (non-hydrogen) atoms. The van der Waals surface area contributed by atoms with Crippen LogP contribution in [-0.2, 0) is 6.18 Å². The summed E-state index contributed by atoms with van der Waals surface area (Å²) in [5.41, 5.74) is -1.60. The molecule has 0 heterocycles. The largest absolute Gasteiger partial charge is 0.416 e. The Hall–Kier alpha value is -0.860. The van der Waals surface area contributed by atoms with Gasteiger partial charge in [-0.05, 0) is 35.5 Å². The van der Waals surface area contributed by atoms with Crippen molar-refractivity contribution in [2.45, 2.75) is 31.9 Å². The molecule has 0 saturated carbocycles. The topological polar surface area (TPSA) is 29.1 Å². The van der Waals surface area contributed by atoms with Crippen LogP contribution in [0.4, 0.5) is 17.6 Å². The molecule has 1 N–H and O–H groups in total. The molecule has 0 aliphatic rings. The van der Waals surface area contributed by atoms with Crippen molar-refractivity contribution in [2.24, 2.45) is 0 Å². The second kappa shape index (κ2) is 8.55. The number of rotatable bonds is 7. The van der Waals surface area contributed by atoms with Gasteiger partial charge in [-0.2, -0.15) is 13.2 Å². The van der Waals surface area contributed by atoms with Crippen LogP contribution in [0.3, 0.4) is 0 Å². The fraction of sp³-hybridized carbons (Fsp3) is 0.500. The van der Waals surface area contributed by atoms with Crippen LogP contribution in [0.15, 0.2) is 18.2 Å². The van der Waals surface area contributed by atoms with Gasteiger partial charge in [0.2, 0.25) is 0 Å². The first-order valence-corrected chi connectivity index (χ1v) is 8.09. The van der Waals surface area contributed by atoms with Crippen molar-refractivity contribution in [3.05, 3.63) is 35.1 Å². The van der Waals surface area contributed by atoms with Crippen LogP contribution in [-0.4, -0.2) is 16.9 Å². The van der Waals surface area contributed by atoms with E-state index in [-0.39, 0.29) is 0 Å². The van der Waals surface area contributed by atoms with Gasteiger partial charge in [0.1, 0.15) is 5.82 Å². The second-order valence-electron chi connectivity index (χ2n) is 4.55. The summed E-state index contributed by atoms with van der Waals surface area (Å²) in [7, 11) is 0. The van der Waals surface area contributed by atoms with Gasteiger partial charge in [0.25, 0.3) is 5.91 Å². The highest BCUT2D eigenvalue weighted by molar-refractivity contribution is 14.1. The lowest BCUT2D eigenvalue weighted by atomic mass is 10.1. The molecular formula is C14H16F4INO. The van der Waals surface area contributed by atoms with Crippen molar-refractivity contribution in [1.82, 2.24) is 5.32 Å². The fourth-order valence-electron chi connectivity index (χ4n) is 1.75. The number of hydrogen-bond donors (Lipinski definition) is 1. The molecule has 1 rings (SSSR count). The summed E-state index contributed by atoms with van der Waals surface area (Å²) in [5.74, 6) is -1.77. The number of benzene rings is 1. The third kappa shape index (κ3) is 6.19. The van der Waals surface area contributed by atoms with E-state index in [2.05, 4.69) is 27.9 Å². The van der Waals surface area contributed by atoms with Crippen molar-refractivity contribution in [3.8, 4) is 0 Å². The van der Waals surface area contributed by atoms with Gasteiger partial charge in [0.05, 0.1) is 11.1 Å². The van der Waals surface area contributed by atoms with Crippen LogP contribution in [0.25, 0.3) is 0 Å². The summed E-state index contributed by atoms with van der Waals surface area (Å²) in [6.45, 7) is 0.329. The predicted octanol–water partition coefficient (Wildman–Crippen LogP) is 4.57. The summed E-state index contributed by atoms with van der Waals surface area (Å²) in [6, 6.07) is 1.83. The minimum atomic E-state index is -4.60. The maximum atomic E-state index is 13.5. The molecule has 0 bridgehead atoms. The number of carbonyl (C=O) groups excluding carboxylic acids is 1. The van der Waals surface area contributed by atoms with Gasteiger partial charge >= 0.3 is 6.18 Å². The first kappa shape index (κ1) is 18.2. The zero-order chi connectivity index (χ0) is 15.9. The van der Waals surface area contributed by atoms with Gasteiger partial charge < -0.3 is 5.32 Å². The molecule has 0 aliphatic heterocycles. The van der Waals surface area contributed by atoms with E-state index in [0.29, 0.717) is 24.7 Å². The molecule has 0 radical (unpaired) electrons. The molecule has 0 atom stereocenters. The highest BCUT2D eigenvalue weighted by Gasteiger charge is 2.31. The lowest BCUT2D eigenvalue weighted by Gasteiger charge is -2.10. The van der Waals surface area contributed by atoms with Gasteiger partial charge in [-0.15, -0.1) is 0 Å². The fourth-order valence-corrected chi connectivity index (χ4v) is 2.29. The molecule has 7 heteroatoms. The Morgan fingerprint density at radius 3 is 2.43 bits per heavy atom. The van der Waals surface area contributed by atoms with Gasteiger partial charge in [0.15, 0.2) is 0 Å². The molecule has 118 valence electrons. The third-order valence-corrected chi connectivity index (χ3v) is 3.65. The number of hydrogen-bond acceptors (Lipinski definition) is 1. The van der Waals surface area contributed by atoms with Gasteiger partial charge in [-0.1, -0.05) is 35.4 Å². The van der Waals surface area contributed by atoms with Crippen molar-refractivity contribution in [1.29, 1.82) is 0 Å². The molecule has 1 aromatic rings. The van der Waals surface area contributed by atoms with E-state index >= 15 is 0 Å². The van der Waals surface area contributed by atoms with Crippen LogP contribution < -0.4 is 5.32 Å². The minimum absolute atomic E-state index is 0.329. The molecule has 2 nitrogen and oxygen atoms in total. The lowest BCUT2D eigenvalue weighted by molar-refractivity contribution is -0.137. The number of amides is 1. The summed E-state index contributed by atoms with van der Waals surface area (Å²) >= 11 is 2.28. The molecule has 1 amide bonds. The van der Waals surface area contributed by atoms with Crippen molar-refractivity contribution >= 4 is 28.5 Å². The number of halogens is 5. The summed E-state index contributed by atoms with van der Waals surface area (Å²) < 4.78 is 52.1. The molecule has 0 fully saturated rings. The summed E-state index contributed by atoms with van der Waals surface area (Å²) in [4.78, 5) is 11.7. The van der Waals surface area contributed by atoms with E-state index in [1.54, 1.807) is 0 Å². The zero-order valence-electron chi connectivity index (χ0n) is 11.3. The van der Waals surface area contributed by atoms with Crippen LogP contribution in [0.2, 0.25) is 0 Å². The van der Waals surface area contributed by atoms with Crippen LogP contribution in [0.5, 0.6) is 0 Å². The highest BCUT2D eigenvalue weighted by Crippen LogP contribution is 2.30. The Morgan fingerprint density at radius 1 is 1.14 bits per heavy atom. The molecule has 0 unspecified atom stereocenters. The number of unbranched alkanes of at least 4 members (excludes halogenated alkanes) is 3. The molecule has 0 aliphatic carbocycles. The Balaban J connectivity index is 2.57. The first-order chi connectivity index (χ1) is 9.86. The molecule has 0 spiro atoms. The second-order valence-corrected chi connectivity index (χ2v) is 5.63. The van der Waals surface area contributed by atoms with Crippen LogP contribution in [0.1, 0.15) is 41.6 Å². The van der Waals surface area contributed by atoms with E-state index < -0.39 is 29.0 Å². The Kier molecular flexibility index (Phi) is 7.41. The Labute approximate surface area is 134 Å². The SMILES string of the molecule is O=C(NCCCCCCI)c1cc(C(F)(F)F)ccc1F. The number of carbonyl (C=O) groups is 1. The molecular weight excluding hydrogens is 401 g/mol. The van der Waals surface area contributed by atoms with E-state index in [1.165, 1.54) is 0 Å². The standard InChI is InChI=1S/C14H16F4INO/c15-12-6-5-10(14(16,17)18)9-11(12)13(21)20-8-4-2-1-3-7-19/h5-6,9H,1-4,7-8H2,(H,20,21). The average Bonchev–Trinajstić information content (AvgIpc) is 2.41.